The van der Waals surface area contributed by atoms with E-state index in [0.717, 1.165) is 87.6 Å². The number of hydrogen-bond donors (Lipinski definition) is 1. The third-order valence-corrected chi connectivity index (χ3v) is 14.0. The van der Waals surface area contributed by atoms with Gasteiger partial charge in [-0.15, -0.1) is 0 Å². The first-order chi connectivity index (χ1) is 29.0. The van der Waals surface area contributed by atoms with Gasteiger partial charge in [0.2, 0.25) is 17.5 Å². The maximum atomic E-state index is 13.7. The number of piperazine rings is 1. The second-order valence-corrected chi connectivity index (χ2v) is 17.4. The number of nitrogens with one attached hydrogen (secondary N) is 1. The van der Waals surface area contributed by atoms with Crippen molar-refractivity contribution < 1.29 is 28.8 Å². The molecule has 6 heterocycles. The normalized spacial score (nSPS) is 22.3. The Morgan fingerprint density at radius 2 is 1.33 bits per heavy atom. The SMILES string of the molecule is [C-]#[N+]c1ccc(N2CCC3(CCN(C(=O)c4cccc(C(=O)N5CCN(C6CCN(c7ccc8c(c7)C(=O)N(C7CCC(=O)NC7=O)C8=O)CC6)CC5)c4)CC3)C2)cc1Cl. The Bertz CT molecular complexity index is 2320. The smallest absolute Gasteiger partial charge is 0.262 e. The van der Waals surface area contributed by atoms with E-state index in [-0.39, 0.29) is 41.2 Å². The van der Waals surface area contributed by atoms with Gasteiger partial charge in [-0.05, 0) is 92.5 Å². The molecule has 5 fully saturated rings. The van der Waals surface area contributed by atoms with Gasteiger partial charge < -0.3 is 19.6 Å². The molecule has 3 aromatic carbocycles. The minimum Gasteiger partial charge on any atom is -0.371 e. The molecule has 0 bridgehead atoms. The van der Waals surface area contributed by atoms with E-state index in [1.54, 1.807) is 42.5 Å². The van der Waals surface area contributed by atoms with E-state index in [0.29, 0.717) is 54.1 Å². The zero-order valence-electron chi connectivity index (χ0n) is 33.4. The second-order valence-electron chi connectivity index (χ2n) is 17.0. The molecule has 0 aliphatic carbocycles. The number of anilines is 2. The summed E-state index contributed by atoms with van der Waals surface area (Å²) in [5, 5.41) is 2.71. The fraction of sp³-hybridized carbons (Fsp3) is 0.444. The van der Waals surface area contributed by atoms with Gasteiger partial charge in [-0.25, -0.2) is 4.85 Å². The molecule has 9 rings (SSSR count). The van der Waals surface area contributed by atoms with E-state index in [4.69, 9.17) is 18.2 Å². The minimum absolute atomic E-state index is 0.0406. The maximum absolute atomic E-state index is 13.7. The molecular weight excluding hydrogens is 784 g/mol. The molecule has 1 N–H and O–H groups in total. The van der Waals surface area contributed by atoms with Gasteiger partial charge in [-0.2, -0.15) is 0 Å². The second kappa shape index (κ2) is 16.0. The molecular formula is C45H47ClN8O6. The van der Waals surface area contributed by atoms with Crippen molar-refractivity contribution in [1.29, 1.82) is 0 Å². The van der Waals surface area contributed by atoms with Crippen LogP contribution < -0.4 is 15.1 Å². The lowest BCUT2D eigenvalue weighted by Gasteiger charge is -2.43. The molecule has 6 aliphatic rings. The minimum atomic E-state index is -0.992. The molecule has 310 valence electrons. The average molecular weight is 831 g/mol. The molecule has 5 saturated heterocycles. The molecule has 14 nitrogen and oxygen atoms in total. The number of benzene rings is 3. The molecule has 6 aliphatic heterocycles. The third kappa shape index (κ3) is 7.38. The number of imide groups is 2. The van der Waals surface area contributed by atoms with Gasteiger partial charge in [0.15, 0.2) is 0 Å². The number of nitrogens with zero attached hydrogens (tertiary/aromatic N) is 7. The highest BCUT2D eigenvalue weighted by atomic mass is 35.5. The molecule has 15 heteroatoms. The number of carbonyl (C=O) groups excluding carboxylic acids is 6. The fourth-order valence-corrected chi connectivity index (χ4v) is 10.3. The van der Waals surface area contributed by atoms with Crippen molar-refractivity contribution in [2.75, 3.05) is 75.2 Å². The Labute approximate surface area is 353 Å². The predicted molar refractivity (Wildman–Crippen MR) is 224 cm³/mol. The first kappa shape index (κ1) is 39.7. The van der Waals surface area contributed by atoms with Crippen molar-refractivity contribution >= 4 is 64.1 Å². The molecule has 0 aromatic heterocycles. The Kier molecular flexibility index (Phi) is 10.6. The number of carbonyl (C=O) groups is 6. The summed E-state index contributed by atoms with van der Waals surface area (Å²) in [6, 6.07) is 17.4. The Hall–Kier alpha value is -5.78. The van der Waals surface area contributed by atoms with Gasteiger partial charge in [0, 0.05) is 105 Å². The molecule has 3 aromatic rings. The van der Waals surface area contributed by atoms with Crippen LogP contribution in [0.15, 0.2) is 60.7 Å². The van der Waals surface area contributed by atoms with Crippen molar-refractivity contribution in [3.63, 3.8) is 0 Å². The van der Waals surface area contributed by atoms with E-state index in [9.17, 15) is 28.8 Å². The molecule has 0 radical (unpaired) electrons. The van der Waals surface area contributed by atoms with Crippen LogP contribution in [0, 0.1) is 12.0 Å². The van der Waals surface area contributed by atoms with E-state index in [2.05, 4.69) is 24.9 Å². The summed E-state index contributed by atoms with van der Waals surface area (Å²) in [5.41, 5.74) is 4.10. The van der Waals surface area contributed by atoms with Crippen LogP contribution in [0.3, 0.4) is 0 Å². The van der Waals surface area contributed by atoms with Crippen molar-refractivity contribution in [2.24, 2.45) is 5.41 Å². The number of piperidine rings is 3. The van der Waals surface area contributed by atoms with Crippen LogP contribution in [0.5, 0.6) is 0 Å². The van der Waals surface area contributed by atoms with Gasteiger partial charge >= 0.3 is 0 Å². The number of fused-ring (bicyclic) bond motifs is 1. The van der Waals surface area contributed by atoms with Gasteiger partial charge in [-0.3, -0.25) is 43.9 Å². The first-order valence-electron chi connectivity index (χ1n) is 21.0. The summed E-state index contributed by atoms with van der Waals surface area (Å²) in [7, 11) is 0. The van der Waals surface area contributed by atoms with Crippen molar-refractivity contribution in [3.05, 3.63) is 99.4 Å². The Morgan fingerprint density at radius 3 is 2.00 bits per heavy atom. The highest BCUT2D eigenvalue weighted by Gasteiger charge is 2.45. The van der Waals surface area contributed by atoms with E-state index < -0.39 is 29.7 Å². The van der Waals surface area contributed by atoms with Crippen LogP contribution >= 0.6 is 11.6 Å². The van der Waals surface area contributed by atoms with Crippen LogP contribution in [0.25, 0.3) is 4.85 Å². The number of rotatable bonds is 6. The summed E-state index contributed by atoms with van der Waals surface area (Å²) in [6.07, 6.45) is 4.89. The third-order valence-electron chi connectivity index (χ3n) is 13.7. The summed E-state index contributed by atoms with van der Waals surface area (Å²) in [6.45, 7) is 14.7. The number of halogens is 1. The highest BCUT2D eigenvalue weighted by Crippen LogP contribution is 2.43. The zero-order chi connectivity index (χ0) is 41.7. The van der Waals surface area contributed by atoms with Crippen LogP contribution in [-0.4, -0.2) is 133 Å². The topological polar surface area (TPSA) is 138 Å². The molecule has 6 amide bonds. The van der Waals surface area contributed by atoms with E-state index in [1.807, 2.05) is 28.0 Å². The summed E-state index contributed by atoms with van der Waals surface area (Å²) >= 11 is 6.33. The summed E-state index contributed by atoms with van der Waals surface area (Å²) in [5.74, 6) is -2.14. The number of hydrogen-bond acceptors (Lipinski definition) is 9. The monoisotopic (exact) mass is 830 g/mol. The van der Waals surface area contributed by atoms with E-state index in [1.165, 1.54) is 0 Å². The van der Waals surface area contributed by atoms with Crippen LogP contribution in [0.4, 0.5) is 17.1 Å². The van der Waals surface area contributed by atoms with Crippen molar-refractivity contribution in [3.8, 4) is 0 Å². The van der Waals surface area contributed by atoms with Crippen LogP contribution in [-0.2, 0) is 9.59 Å². The average Bonchev–Trinajstić information content (AvgIpc) is 3.80. The van der Waals surface area contributed by atoms with Gasteiger partial charge in [-0.1, -0.05) is 23.7 Å². The lowest BCUT2D eigenvalue weighted by molar-refractivity contribution is -0.136. The molecule has 1 unspecified atom stereocenters. The zero-order valence-corrected chi connectivity index (χ0v) is 34.2. The first-order valence-corrected chi connectivity index (χ1v) is 21.3. The standard InChI is InChI=1S/C45H47ClN8O6/c1-47-37-8-6-33(27-36(37)46)53-20-15-45(28-53)13-18-51(19-14-45)41(57)29-3-2-4-30(25-29)42(58)52-23-21-50(22-24-52)31-11-16-49(17-12-31)32-5-7-34-35(26-32)44(60)54(43(34)59)38-9-10-39(55)48-40(38)56/h2-8,25-27,31,38H,9-24,28H2,(H,48,55,56). The van der Waals surface area contributed by atoms with Crippen LogP contribution in [0.1, 0.15) is 86.4 Å². The van der Waals surface area contributed by atoms with Gasteiger partial charge in [0.1, 0.15) is 6.04 Å². The quantitative estimate of drug-likeness (QED) is 0.273. The molecule has 1 spiro atoms. The number of likely N-dealkylation sites (tertiary alicyclic amines) is 1. The number of amides is 6. The van der Waals surface area contributed by atoms with Crippen molar-refractivity contribution in [2.45, 2.75) is 57.0 Å². The Balaban J connectivity index is 0.745. The Morgan fingerprint density at radius 1 is 0.700 bits per heavy atom. The highest BCUT2D eigenvalue weighted by molar-refractivity contribution is 6.33. The largest absolute Gasteiger partial charge is 0.371 e. The molecule has 60 heavy (non-hydrogen) atoms. The predicted octanol–water partition coefficient (Wildman–Crippen LogP) is 4.85. The maximum Gasteiger partial charge on any atom is 0.262 e. The summed E-state index contributed by atoms with van der Waals surface area (Å²) in [4.78, 5) is 93.4. The van der Waals surface area contributed by atoms with E-state index >= 15 is 0 Å². The van der Waals surface area contributed by atoms with Gasteiger partial charge in [0.25, 0.3) is 23.6 Å². The molecule has 1 atom stereocenters. The molecule has 0 saturated carbocycles. The lowest BCUT2D eigenvalue weighted by atomic mass is 9.77. The van der Waals surface area contributed by atoms with Crippen LogP contribution in [0.2, 0.25) is 5.02 Å². The fourth-order valence-electron chi connectivity index (χ4n) is 10.1. The van der Waals surface area contributed by atoms with Gasteiger partial charge in [0.05, 0.1) is 17.7 Å². The summed E-state index contributed by atoms with van der Waals surface area (Å²) < 4.78 is 0. The van der Waals surface area contributed by atoms with Crippen molar-refractivity contribution in [1.82, 2.24) is 24.9 Å². The lowest BCUT2D eigenvalue weighted by Crippen LogP contribution is -2.54.